The van der Waals surface area contributed by atoms with E-state index in [1.165, 1.54) is 38.5 Å². The molecule has 0 amide bonds. The summed E-state index contributed by atoms with van der Waals surface area (Å²) in [4.78, 5) is 15.5. The minimum absolute atomic E-state index is 0.198. The van der Waals surface area contributed by atoms with Crippen LogP contribution in [0.4, 0.5) is 0 Å². The Balaban J connectivity index is 1.28. The van der Waals surface area contributed by atoms with Crippen LogP contribution in [-0.2, 0) is 4.79 Å². The lowest BCUT2D eigenvalue weighted by atomic mass is 9.49. The van der Waals surface area contributed by atoms with Crippen molar-refractivity contribution >= 4 is 5.78 Å². The van der Waals surface area contributed by atoms with Crippen LogP contribution in [0.1, 0.15) is 78.1 Å². The maximum atomic E-state index is 13.3. The third-order valence-corrected chi connectivity index (χ3v) is 10.3. The first kappa shape index (κ1) is 20.5. The van der Waals surface area contributed by atoms with E-state index in [1.54, 1.807) is 0 Å². The fourth-order valence-electron chi connectivity index (χ4n) is 8.90. The summed E-state index contributed by atoms with van der Waals surface area (Å²) in [6.45, 7) is 6.59. The molecular formula is C25H41NO3. The lowest BCUT2D eigenvalue weighted by Gasteiger charge is -2.56. The number of fused-ring (bicyclic) bond motifs is 5. The molecule has 0 aromatic carbocycles. The van der Waals surface area contributed by atoms with Gasteiger partial charge in [-0.1, -0.05) is 6.92 Å². The molecule has 0 aromatic rings. The van der Waals surface area contributed by atoms with Crippen LogP contribution >= 0.6 is 0 Å². The number of ketones is 1. The van der Waals surface area contributed by atoms with Crippen LogP contribution < -0.4 is 0 Å². The second-order valence-electron chi connectivity index (χ2n) is 12.0. The van der Waals surface area contributed by atoms with E-state index in [-0.39, 0.29) is 17.4 Å². The Morgan fingerprint density at radius 1 is 0.966 bits per heavy atom. The molecule has 5 rings (SSSR count). The van der Waals surface area contributed by atoms with Crippen molar-refractivity contribution in [2.24, 2.45) is 40.9 Å². The summed E-state index contributed by atoms with van der Waals surface area (Å²) in [6.07, 6.45) is 11.2. The van der Waals surface area contributed by atoms with Crippen molar-refractivity contribution in [2.45, 2.75) is 89.8 Å². The van der Waals surface area contributed by atoms with Crippen molar-refractivity contribution < 1.29 is 15.0 Å². The molecule has 0 aromatic heterocycles. The number of aliphatic hydroxyl groups excluding tert-OH is 1. The van der Waals surface area contributed by atoms with E-state index < -0.39 is 5.60 Å². The number of carbonyl (C=O) groups is 1. The predicted molar refractivity (Wildman–Crippen MR) is 113 cm³/mol. The topological polar surface area (TPSA) is 60.8 Å². The van der Waals surface area contributed by atoms with Gasteiger partial charge in [0.25, 0.3) is 0 Å². The Labute approximate surface area is 176 Å². The minimum Gasteiger partial charge on any atom is -0.392 e. The van der Waals surface area contributed by atoms with E-state index in [0.29, 0.717) is 18.9 Å². The molecule has 164 valence electrons. The maximum Gasteiger partial charge on any atom is 0.150 e. The van der Waals surface area contributed by atoms with Gasteiger partial charge in [0.1, 0.15) is 5.78 Å². The number of Topliss-reactive ketones (excluding diaryl/α,β-unsaturated/α-hetero) is 1. The molecule has 4 heteroatoms. The second kappa shape index (κ2) is 7.31. The lowest BCUT2D eigenvalue weighted by molar-refractivity contribution is -0.133. The van der Waals surface area contributed by atoms with E-state index in [1.807, 2.05) is 6.92 Å². The molecular weight excluding hydrogens is 362 g/mol. The minimum atomic E-state index is -0.439. The van der Waals surface area contributed by atoms with Crippen LogP contribution in [0.15, 0.2) is 0 Å². The second-order valence-corrected chi connectivity index (χ2v) is 12.0. The van der Waals surface area contributed by atoms with Crippen LogP contribution in [-0.4, -0.2) is 52.2 Å². The smallest absolute Gasteiger partial charge is 0.150 e. The molecule has 2 N–H and O–H groups in total. The van der Waals surface area contributed by atoms with Gasteiger partial charge in [-0.15, -0.1) is 0 Å². The molecule has 1 aliphatic heterocycles. The summed E-state index contributed by atoms with van der Waals surface area (Å²) in [5.74, 6) is 4.60. The SMILES string of the molecule is C[C@@]1(O)CC[C@H]2[C@@H](CC[C@@H]3[C@@H]2CC[C@]2(C)[C@@H](C(=O)CN4CCC(O)C4)CC[C@@H]32)C1. The van der Waals surface area contributed by atoms with Gasteiger partial charge in [0.2, 0.25) is 0 Å². The highest BCUT2D eigenvalue weighted by Gasteiger charge is 2.58. The lowest BCUT2D eigenvalue weighted by Crippen LogP contribution is -2.51. The van der Waals surface area contributed by atoms with Gasteiger partial charge in [-0.3, -0.25) is 9.69 Å². The molecule has 4 saturated carbocycles. The Morgan fingerprint density at radius 2 is 1.76 bits per heavy atom. The van der Waals surface area contributed by atoms with E-state index in [2.05, 4.69) is 11.8 Å². The average Bonchev–Trinajstić information content (AvgIpc) is 3.22. The van der Waals surface area contributed by atoms with Crippen molar-refractivity contribution in [1.82, 2.24) is 4.90 Å². The first-order valence-electron chi connectivity index (χ1n) is 12.4. The molecule has 1 heterocycles. The van der Waals surface area contributed by atoms with Crippen LogP contribution in [0.2, 0.25) is 0 Å². The highest BCUT2D eigenvalue weighted by atomic mass is 16.3. The van der Waals surface area contributed by atoms with Gasteiger partial charge in [0.05, 0.1) is 18.2 Å². The molecule has 5 fully saturated rings. The predicted octanol–water partition coefficient (Wildman–Crippen LogP) is 3.64. The number of β-amino-alcohol motifs (C(OH)–C–C–N with tert-alkyl or cyclic N) is 1. The number of nitrogens with zero attached hydrogens (tertiary/aromatic N) is 1. The zero-order valence-electron chi connectivity index (χ0n) is 18.5. The first-order valence-corrected chi connectivity index (χ1v) is 12.4. The normalized spacial score (nSPS) is 52.6. The van der Waals surface area contributed by atoms with Gasteiger partial charge in [0, 0.05) is 19.0 Å². The van der Waals surface area contributed by atoms with Gasteiger partial charge in [-0.2, -0.15) is 0 Å². The Hall–Kier alpha value is -0.450. The molecule has 1 saturated heterocycles. The number of aliphatic hydroxyl groups is 2. The molecule has 29 heavy (non-hydrogen) atoms. The van der Waals surface area contributed by atoms with E-state index in [9.17, 15) is 15.0 Å². The molecule has 1 unspecified atom stereocenters. The van der Waals surface area contributed by atoms with Crippen LogP contribution in [0, 0.1) is 40.9 Å². The number of carbonyl (C=O) groups excluding carboxylic acids is 1. The number of hydrogen-bond acceptors (Lipinski definition) is 4. The summed E-state index contributed by atoms with van der Waals surface area (Å²) in [5, 5.41) is 20.4. The molecule has 0 radical (unpaired) electrons. The number of likely N-dealkylation sites (tertiary alicyclic amines) is 1. The Kier molecular flexibility index (Phi) is 5.15. The van der Waals surface area contributed by atoms with Crippen molar-refractivity contribution in [2.75, 3.05) is 19.6 Å². The van der Waals surface area contributed by atoms with Gasteiger partial charge in [0.15, 0.2) is 0 Å². The summed E-state index contributed by atoms with van der Waals surface area (Å²) in [6, 6.07) is 0. The molecule has 5 aliphatic rings. The van der Waals surface area contributed by atoms with Gasteiger partial charge < -0.3 is 10.2 Å². The molecule has 4 aliphatic carbocycles. The fourth-order valence-corrected chi connectivity index (χ4v) is 8.90. The van der Waals surface area contributed by atoms with Crippen LogP contribution in [0.5, 0.6) is 0 Å². The summed E-state index contributed by atoms with van der Waals surface area (Å²) < 4.78 is 0. The number of hydrogen-bond donors (Lipinski definition) is 2. The van der Waals surface area contributed by atoms with E-state index in [0.717, 1.165) is 61.8 Å². The molecule has 4 nitrogen and oxygen atoms in total. The summed E-state index contributed by atoms with van der Waals surface area (Å²) >= 11 is 0. The van der Waals surface area contributed by atoms with Gasteiger partial charge in [-0.25, -0.2) is 0 Å². The first-order chi connectivity index (χ1) is 13.8. The fraction of sp³-hybridized carbons (Fsp3) is 0.960. The molecule has 9 atom stereocenters. The standard InChI is InChI=1S/C25H41NO3/c1-24(29)10-7-18-16(13-24)3-4-20-19(18)8-11-25(2)21(20)5-6-22(25)23(28)15-26-12-9-17(27)14-26/h16-22,27,29H,3-15H2,1-2H3/t16-,17?,18-,19+,20+,21-,22+,24+,25-/m0/s1. The van der Waals surface area contributed by atoms with Gasteiger partial charge in [-0.05, 0) is 106 Å². The maximum absolute atomic E-state index is 13.3. The molecule has 0 spiro atoms. The van der Waals surface area contributed by atoms with E-state index >= 15 is 0 Å². The van der Waals surface area contributed by atoms with Crippen molar-refractivity contribution in [3.05, 3.63) is 0 Å². The van der Waals surface area contributed by atoms with Crippen LogP contribution in [0.3, 0.4) is 0 Å². The zero-order chi connectivity index (χ0) is 20.4. The average molecular weight is 404 g/mol. The molecule has 0 bridgehead atoms. The van der Waals surface area contributed by atoms with Crippen molar-refractivity contribution in [3.63, 3.8) is 0 Å². The monoisotopic (exact) mass is 403 g/mol. The largest absolute Gasteiger partial charge is 0.392 e. The third kappa shape index (κ3) is 3.51. The van der Waals surface area contributed by atoms with Crippen molar-refractivity contribution in [3.8, 4) is 0 Å². The third-order valence-electron chi connectivity index (χ3n) is 10.3. The highest BCUT2D eigenvalue weighted by Crippen LogP contribution is 2.64. The zero-order valence-corrected chi connectivity index (χ0v) is 18.5. The number of rotatable bonds is 3. The summed E-state index contributed by atoms with van der Waals surface area (Å²) in [7, 11) is 0. The van der Waals surface area contributed by atoms with Crippen molar-refractivity contribution in [1.29, 1.82) is 0 Å². The van der Waals surface area contributed by atoms with E-state index in [4.69, 9.17) is 0 Å². The summed E-state index contributed by atoms with van der Waals surface area (Å²) in [5.41, 5.74) is -0.241. The Morgan fingerprint density at radius 3 is 2.52 bits per heavy atom. The van der Waals surface area contributed by atoms with Gasteiger partial charge >= 0.3 is 0 Å². The quantitative estimate of drug-likeness (QED) is 0.755. The highest BCUT2D eigenvalue weighted by molar-refractivity contribution is 5.84. The Bertz CT molecular complexity index is 648. The van der Waals surface area contributed by atoms with Crippen LogP contribution in [0.25, 0.3) is 0 Å².